The molecule has 0 saturated heterocycles. The molecule has 0 saturated carbocycles. The van der Waals surface area contributed by atoms with E-state index in [0.29, 0.717) is 16.2 Å². The summed E-state index contributed by atoms with van der Waals surface area (Å²) in [5.74, 6) is 0.296. The SMILES string of the molecule is N=C(N)c1cc2ccc(OCc3cccc(OC(F)(F)F)c3)cc2s1. The molecule has 0 aliphatic rings. The summed E-state index contributed by atoms with van der Waals surface area (Å²) in [4.78, 5) is 0.671. The van der Waals surface area contributed by atoms with E-state index in [1.807, 2.05) is 18.2 Å². The van der Waals surface area contributed by atoms with Gasteiger partial charge in [-0.1, -0.05) is 12.1 Å². The maximum Gasteiger partial charge on any atom is 0.573 e. The molecule has 0 bridgehead atoms. The van der Waals surface area contributed by atoms with Crippen LogP contribution in [0.4, 0.5) is 13.2 Å². The summed E-state index contributed by atoms with van der Waals surface area (Å²) < 4.78 is 47.2. The Labute approximate surface area is 145 Å². The summed E-state index contributed by atoms with van der Waals surface area (Å²) in [5, 5.41) is 8.41. The number of rotatable bonds is 5. The van der Waals surface area contributed by atoms with Gasteiger partial charge >= 0.3 is 6.36 Å². The average molecular weight is 366 g/mol. The van der Waals surface area contributed by atoms with E-state index >= 15 is 0 Å². The number of nitrogen functional groups attached to an aromatic ring is 1. The van der Waals surface area contributed by atoms with Gasteiger partial charge in [0, 0.05) is 4.70 Å². The van der Waals surface area contributed by atoms with Crippen LogP contribution >= 0.6 is 11.3 Å². The number of nitrogens with one attached hydrogen (secondary N) is 1. The molecule has 1 aromatic heterocycles. The summed E-state index contributed by atoms with van der Waals surface area (Å²) in [5.41, 5.74) is 6.03. The fraction of sp³-hybridized carbons (Fsp3) is 0.118. The zero-order valence-corrected chi connectivity index (χ0v) is 13.6. The van der Waals surface area contributed by atoms with Crippen LogP contribution in [-0.4, -0.2) is 12.2 Å². The third-order valence-corrected chi connectivity index (χ3v) is 4.43. The molecule has 0 unspecified atom stereocenters. The third-order valence-electron chi connectivity index (χ3n) is 3.29. The van der Waals surface area contributed by atoms with Gasteiger partial charge in [0.15, 0.2) is 0 Å². The van der Waals surface area contributed by atoms with Crippen molar-refractivity contribution in [3.63, 3.8) is 0 Å². The van der Waals surface area contributed by atoms with Gasteiger partial charge in [-0.05, 0) is 47.3 Å². The summed E-state index contributed by atoms with van der Waals surface area (Å²) >= 11 is 1.38. The Morgan fingerprint density at radius 2 is 1.88 bits per heavy atom. The summed E-state index contributed by atoms with van der Waals surface area (Å²) in [6, 6.07) is 12.9. The number of halogens is 3. The van der Waals surface area contributed by atoms with Crippen molar-refractivity contribution < 1.29 is 22.6 Å². The molecule has 8 heteroatoms. The Balaban J connectivity index is 1.72. The fourth-order valence-electron chi connectivity index (χ4n) is 2.23. The molecular weight excluding hydrogens is 353 g/mol. The second-order valence-corrected chi connectivity index (χ2v) is 6.29. The Hall–Kier alpha value is -2.74. The van der Waals surface area contributed by atoms with Crippen molar-refractivity contribution in [3.8, 4) is 11.5 Å². The first-order chi connectivity index (χ1) is 11.8. The van der Waals surface area contributed by atoms with Crippen LogP contribution in [0.2, 0.25) is 0 Å². The standard InChI is InChI=1S/C17H13F3N2O2S/c18-17(19,20)24-13-3-1-2-10(6-13)9-23-12-5-4-11-7-15(16(21)22)25-14(11)8-12/h1-8H,9H2,(H3,21,22). The van der Waals surface area contributed by atoms with Crippen molar-refractivity contribution in [2.45, 2.75) is 13.0 Å². The maximum absolute atomic E-state index is 12.3. The molecule has 0 fully saturated rings. The molecule has 3 N–H and O–H groups in total. The highest BCUT2D eigenvalue weighted by Crippen LogP contribution is 2.29. The first kappa shape index (κ1) is 17.1. The highest BCUT2D eigenvalue weighted by atomic mass is 32.1. The van der Waals surface area contributed by atoms with Gasteiger partial charge in [0.2, 0.25) is 0 Å². The molecule has 1 heterocycles. The van der Waals surface area contributed by atoms with Gasteiger partial charge in [0.1, 0.15) is 23.9 Å². The van der Waals surface area contributed by atoms with Gasteiger partial charge in [0.25, 0.3) is 0 Å². The molecule has 3 aromatic rings. The van der Waals surface area contributed by atoms with Crippen LogP contribution in [0.3, 0.4) is 0 Å². The minimum Gasteiger partial charge on any atom is -0.489 e. The predicted molar refractivity (Wildman–Crippen MR) is 90.3 cm³/mol. The fourth-order valence-corrected chi connectivity index (χ4v) is 3.19. The lowest BCUT2D eigenvalue weighted by molar-refractivity contribution is -0.274. The predicted octanol–water partition coefficient (Wildman–Crippen LogP) is 4.66. The molecule has 0 radical (unpaired) electrons. The summed E-state index contributed by atoms with van der Waals surface area (Å²) in [7, 11) is 0. The lowest BCUT2D eigenvalue weighted by Gasteiger charge is -2.11. The van der Waals surface area contributed by atoms with Crippen LogP contribution in [0.1, 0.15) is 10.4 Å². The number of fused-ring (bicyclic) bond motifs is 1. The van der Waals surface area contributed by atoms with E-state index in [1.165, 1.54) is 29.5 Å². The number of hydrogen-bond acceptors (Lipinski definition) is 4. The Morgan fingerprint density at radius 1 is 1.08 bits per heavy atom. The molecule has 0 atom stereocenters. The molecule has 0 amide bonds. The van der Waals surface area contributed by atoms with Gasteiger partial charge in [-0.15, -0.1) is 24.5 Å². The van der Waals surface area contributed by atoms with E-state index in [-0.39, 0.29) is 18.2 Å². The summed E-state index contributed by atoms with van der Waals surface area (Å²) in [6.07, 6.45) is -4.72. The monoisotopic (exact) mass is 366 g/mol. The van der Waals surface area contributed by atoms with Crippen molar-refractivity contribution in [1.82, 2.24) is 0 Å². The lowest BCUT2D eigenvalue weighted by atomic mass is 10.2. The number of amidine groups is 1. The molecule has 25 heavy (non-hydrogen) atoms. The van der Waals surface area contributed by atoms with E-state index in [2.05, 4.69) is 4.74 Å². The van der Waals surface area contributed by atoms with Crippen LogP contribution in [-0.2, 0) is 6.61 Å². The average Bonchev–Trinajstić information content (AvgIpc) is 2.95. The van der Waals surface area contributed by atoms with E-state index in [0.717, 1.165) is 10.1 Å². The zero-order valence-electron chi connectivity index (χ0n) is 12.8. The topological polar surface area (TPSA) is 68.3 Å². The molecule has 3 rings (SSSR count). The van der Waals surface area contributed by atoms with E-state index in [9.17, 15) is 13.2 Å². The van der Waals surface area contributed by atoms with E-state index in [4.69, 9.17) is 15.9 Å². The quantitative estimate of drug-likeness (QED) is 0.510. The summed E-state index contributed by atoms with van der Waals surface area (Å²) in [6.45, 7) is 0.103. The van der Waals surface area contributed by atoms with Crippen LogP contribution in [0.25, 0.3) is 10.1 Å². The Bertz CT molecular complexity index is 922. The molecule has 0 aliphatic carbocycles. The van der Waals surface area contributed by atoms with E-state index in [1.54, 1.807) is 12.1 Å². The minimum absolute atomic E-state index is 0.00477. The van der Waals surface area contributed by atoms with Gasteiger partial charge in [-0.2, -0.15) is 0 Å². The molecule has 2 aromatic carbocycles. The lowest BCUT2D eigenvalue weighted by Crippen LogP contribution is -2.17. The van der Waals surface area contributed by atoms with Crippen molar-refractivity contribution in [1.29, 1.82) is 5.41 Å². The van der Waals surface area contributed by atoms with Crippen LogP contribution in [0.5, 0.6) is 11.5 Å². The number of benzene rings is 2. The Kier molecular flexibility index (Phi) is 4.54. The molecule has 0 aliphatic heterocycles. The highest BCUT2D eigenvalue weighted by Gasteiger charge is 2.31. The molecule has 130 valence electrons. The maximum atomic E-state index is 12.3. The second kappa shape index (κ2) is 6.64. The van der Waals surface area contributed by atoms with Gasteiger partial charge in [0.05, 0.1) is 4.88 Å². The first-order valence-corrected chi connectivity index (χ1v) is 7.97. The highest BCUT2D eigenvalue weighted by molar-refractivity contribution is 7.20. The van der Waals surface area contributed by atoms with E-state index < -0.39 is 6.36 Å². The molecule has 0 spiro atoms. The number of thiophene rings is 1. The number of ether oxygens (including phenoxy) is 2. The number of nitrogens with two attached hydrogens (primary N) is 1. The largest absolute Gasteiger partial charge is 0.573 e. The van der Waals surface area contributed by atoms with Gasteiger partial charge < -0.3 is 15.2 Å². The first-order valence-electron chi connectivity index (χ1n) is 7.16. The van der Waals surface area contributed by atoms with Gasteiger partial charge in [-0.25, -0.2) is 0 Å². The minimum atomic E-state index is -4.72. The van der Waals surface area contributed by atoms with Crippen molar-refractivity contribution in [2.75, 3.05) is 0 Å². The van der Waals surface area contributed by atoms with Crippen molar-refractivity contribution >= 4 is 27.3 Å². The smallest absolute Gasteiger partial charge is 0.489 e. The number of alkyl halides is 3. The second-order valence-electron chi connectivity index (χ2n) is 5.21. The van der Waals surface area contributed by atoms with Crippen molar-refractivity contribution in [2.24, 2.45) is 5.73 Å². The molecule has 4 nitrogen and oxygen atoms in total. The van der Waals surface area contributed by atoms with Crippen LogP contribution in [0.15, 0.2) is 48.5 Å². The third kappa shape index (κ3) is 4.42. The van der Waals surface area contributed by atoms with Gasteiger partial charge in [-0.3, -0.25) is 5.41 Å². The normalized spacial score (nSPS) is 11.5. The zero-order chi connectivity index (χ0) is 18.0. The number of hydrogen-bond donors (Lipinski definition) is 2. The van der Waals surface area contributed by atoms with Crippen molar-refractivity contribution in [3.05, 3.63) is 59.0 Å². The van der Waals surface area contributed by atoms with Crippen LogP contribution in [0, 0.1) is 5.41 Å². The molecular formula is C17H13F3N2O2S. The Morgan fingerprint density at radius 3 is 2.60 bits per heavy atom. The van der Waals surface area contributed by atoms with Crippen LogP contribution < -0.4 is 15.2 Å².